The summed E-state index contributed by atoms with van der Waals surface area (Å²) in [6.07, 6.45) is 34.9. The molecule has 1 fully saturated rings. The third kappa shape index (κ3) is 18.6. The van der Waals surface area contributed by atoms with Crippen LogP contribution in [0.25, 0.3) is 0 Å². The number of ether oxygens (including phenoxy) is 2. The third-order valence-corrected chi connectivity index (χ3v) is 9.73. The predicted octanol–water partition coefficient (Wildman–Crippen LogP) is 10.3. The van der Waals surface area contributed by atoms with E-state index >= 15 is 0 Å². The number of cyclic esters (lactones) is 1. The van der Waals surface area contributed by atoms with Gasteiger partial charge in [-0.3, -0.25) is 0 Å². The van der Waals surface area contributed by atoms with Gasteiger partial charge in [0.15, 0.2) is 0 Å². The first kappa shape index (κ1) is 38.3. The molecule has 0 spiro atoms. The molecule has 2 rings (SSSR count). The van der Waals surface area contributed by atoms with Crippen LogP contribution in [0.4, 0.5) is 0 Å². The summed E-state index contributed by atoms with van der Waals surface area (Å²) in [6.45, 7) is 4.19. The summed E-state index contributed by atoms with van der Waals surface area (Å²) in [7, 11) is 0. The number of esters is 1. The molecular weight excluding hydrogens is 536 g/mol. The Morgan fingerprint density at radius 3 is 1.37 bits per heavy atom. The average Bonchev–Trinajstić information content (AvgIpc) is 3.62. The summed E-state index contributed by atoms with van der Waals surface area (Å²) < 4.78 is 11.3. The maximum atomic E-state index is 11.6. The Hall–Kier alpha value is -0.910. The SMILES string of the molecule is CCCCCCCCCCCCC[C@@H](O)[C@H]1CC[C@H]([C@H](O)CCCCCCCCCCCCCCC2=CC(C)OC2=O)O1. The lowest BCUT2D eigenvalue weighted by Crippen LogP contribution is -2.31. The molecule has 0 aliphatic carbocycles. The fraction of sp³-hybridized carbons (Fsp3) is 0.921. The van der Waals surface area contributed by atoms with E-state index in [0.29, 0.717) is 0 Å². The first-order valence-corrected chi connectivity index (χ1v) is 18.9. The van der Waals surface area contributed by atoms with Crippen molar-refractivity contribution in [1.82, 2.24) is 0 Å². The molecule has 2 aliphatic rings. The van der Waals surface area contributed by atoms with Crippen LogP contribution in [0.15, 0.2) is 11.6 Å². The molecule has 0 radical (unpaired) electrons. The molecular formula is C38H70O5. The number of carbonyl (C=O) groups excluding carboxylic acids is 1. The molecule has 0 aromatic heterocycles. The van der Waals surface area contributed by atoms with Crippen molar-refractivity contribution in [3.63, 3.8) is 0 Å². The number of hydrogen-bond acceptors (Lipinski definition) is 5. The van der Waals surface area contributed by atoms with Crippen LogP contribution in [0.1, 0.15) is 194 Å². The molecule has 2 N–H and O–H groups in total. The molecule has 43 heavy (non-hydrogen) atoms. The van der Waals surface area contributed by atoms with Gasteiger partial charge in [0.2, 0.25) is 0 Å². The Morgan fingerprint density at radius 2 is 1.00 bits per heavy atom. The summed E-state index contributed by atoms with van der Waals surface area (Å²) in [5.74, 6) is -0.110. The maximum Gasteiger partial charge on any atom is 0.334 e. The van der Waals surface area contributed by atoms with Gasteiger partial charge in [-0.15, -0.1) is 0 Å². The highest BCUT2D eigenvalue weighted by Gasteiger charge is 2.34. The van der Waals surface area contributed by atoms with E-state index in [-0.39, 0.29) is 36.5 Å². The first-order chi connectivity index (χ1) is 21.0. The Morgan fingerprint density at radius 1 is 0.628 bits per heavy atom. The van der Waals surface area contributed by atoms with E-state index < -0.39 is 0 Å². The van der Waals surface area contributed by atoms with Gasteiger partial charge >= 0.3 is 5.97 Å². The maximum absolute atomic E-state index is 11.6. The third-order valence-electron chi connectivity index (χ3n) is 9.73. The van der Waals surface area contributed by atoms with Crippen molar-refractivity contribution in [2.75, 3.05) is 0 Å². The fourth-order valence-electron chi connectivity index (χ4n) is 6.90. The fourth-order valence-corrected chi connectivity index (χ4v) is 6.90. The largest absolute Gasteiger partial charge is 0.455 e. The molecule has 2 aliphatic heterocycles. The van der Waals surface area contributed by atoms with Crippen molar-refractivity contribution in [3.05, 3.63) is 11.6 Å². The van der Waals surface area contributed by atoms with E-state index in [2.05, 4.69) is 6.92 Å². The standard InChI is InChI=1S/C38H70O5/c1-3-4-5-6-7-8-11-15-18-21-24-27-34(39)36-29-30-37(43-36)35(40)28-25-22-19-16-13-10-9-12-14-17-20-23-26-33-31-32(2)42-38(33)41/h31-32,34-37,39-40H,3-30H2,1-2H3/t32?,34-,35-,36-,37-/m1/s1. The van der Waals surface area contributed by atoms with Gasteiger partial charge in [0.25, 0.3) is 0 Å². The molecule has 5 nitrogen and oxygen atoms in total. The van der Waals surface area contributed by atoms with Crippen LogP contribution >= 0.6 is 0 Å². The van der Waals surface area contributed by atoms with Gasteiger partial charge in [-0.05, 0) is 51.5 Å². The van der Waals surface area contributed by atoms with Crippen LogP contribution in [0, 0.1) is 0 Å². The molecule has 0 amide bonds. The van der Waals surface area contributed by atoms with E-state index in [9.17, 15) is 15.0 Å². The number of hydrogen-bond donors (Lipinski definition) is 2. The highest BCUT2D eigenvalue weighted by atomic mass is 16.5. The lowest BCUT2D eigenvalue weighted by Gasteiger charge is -2.22. The van der Waals surface area contributed by atoms with E-state index in [1.54, 1.807) is 0 Å². The topological polar surface area (TPSA) is 76.0 Å². The second kappa shape index (κ2) is 25.3. The van der Waals surface area contributed by atoms with Crippen molar-refractivity contribution in [1.29, 1.82) is 0 Å². The summed E-state index contributed by atoms with van der Waals surface area (Å²) >= 11 is 0. The van der Waals surface area contributed by atoms with E-state index in [1.165, 1.54) is 128 Å². The quantitative estimate of drug-likeness (QED) is 0.0654. The lowest BCUT2D eigenvalue weighted by molar-refractivity contribution is -0.139. The van der Waals surface area contributed by atoms with Gasteiger partial charge in [-0.25, -0.2) is 4.79 Å². The number of unbranched alkanes of at least 4 members (excludes halogenated alkanes) is 21. The van der Waals surface area contributed by atoms with Crippen LogP contribution in [-0.2, 0) is 14.3 Å². The second-order valence-electron chi connectivity index (χ2n) is 13.8. The zero-order valence-electron chi connectivity index (χ0n) is 28.4. The van der Waals surface area contributed by atoms with Gasteiger partial charge in [0.1, 0.15) is 6.10 Å². The molecule has 252 valence electrons. The van der Waals surface area contributed by atoms with Crippen molar-refractivity contribution < 1.29 is 24.5 Å². The number of carbonyl (C=O) groups is 1. The summed E-state index contributed by atoms with van der Waals surface area (Å²) in [4.78, 5) is 11.6. The minimum Gasteiger partial charge on any atom is -0.455 e. The van der Waals surface area contributed by atoms with E-state index in [4.69, 9.17) is 9.47 Å². The lowest BCUT2D eigenvalue weighted by atomic mass is 10.00. The van der Waals surface area contributed by atoms with Gasteiger partial charge in [-0.2, -0.15) is 0 Å². The Labute approximate surface area is 266 Å². The summed E-state index contributed by atoms with van der Waals surface area (Å²) in [5.41, 5.74) is 0.877. The van der Waals surface area contributed by atoms with Crippen LogP contribution in [0.5, 0.6) is 0 Å². The zero-order chi connectivity index (χ0) is 31.0. The van der Waals surface area contributed by atoms with Gasteiger partial charge < -0.3 is 19.7 Å². The minimum absolute atomic E-state index is 0.0388. The van der Waals surface area contributed by atoms with Gasteiger partial charge in [-0.1, -0.05) is 148 Å². The second-order valence-corrected chi connectivity index (χ2v) is 13.8. The number of aliphatic hydroxyl groups is 2. The summed E-state index contributed by atoms with van der Waals surface area (Å²) in [5, 5.41) is 21.3. The molecule has 1 saturated heterocycles. The van der Waals surface area contributed by atoms with Crippen LogP contribution in [0.2, 0.25) is 0 Å². The first-order valence-electron chi connectivity index (χ1n) is 18.9. The summed E-state index contributed by atoms with van der Waals surface area (Å²) in [6, 6.07) is 0. The van der Waals surface area contributed by atoms with Crippen molar-refractivity contribution >= 4 is 5.97 Å². The highest BCUT2D eigenvalue weighted by molar-refractivity contribution is 5.90. The molecule has 0 bridgehead atoms. The Bertz CT molecular complexity index is 706. The minimum atomic E-state index is -0.383. The Balaban J connectivity index is 1.32. The molecule has 0 saturated carbocycles. The Kier molecular flexibility index (Phi) is 22.5. The molecule has 1 unspecified atom stereocenters. The van der Waals surface area contributed by atoms with Crippen LogP contribution < -0.4 is 0 Å². The monoisotopic (exact) mass is 607 g/mol. The highest BCUT2D eigenvalue weighted by Crippen LogP contribution is 2.28. The molecule has 5 heteroatoms. The zero-order valence-corrected chi connectivity index (χ0v) is 28.4. The number of rotatable bonds is 29. The molecule has 0 aromatic rings. The average molecular weight is 607 g/mol. The van der Waals surface area contributed by atoms with Crippen molar-refractivity contribution in [2.45, 2.75) is 224 Å². The van der Waals surface area contributed by atoms with E-state index in [1.807, 2.05) is 13.0 Å². The van der Waals surface area contributed by atoms with Gasteiger partial charge in [0.05, 0.1) is 24.4 Å². The number of aliphatic hydroxyl groups excluding tert-OH is 2. The van der Waals surface area contributed by atoms with Crippen molar-refractivity contribution in [3.8, 4) is 0 Å². The molecule has 0 aromatic carbocycles. The normalized spacial score (nSPS) is 21.7. The van der Waals surface area contributed by atoms with E-state index in [0.717, 1.165) is 56.9 Å². The van der Waals surface area contributed by atoms with Crippen LogP contribution in [0.3, 0.4) is 0 Å². The molecule has 2 heterocycles. The van der Waals surface area contributed by atoms with Crippen LogP contribution in [-0.4, -0.2) is 46.7 Å². The predicted molar refractivity (Wildman–Crippen MR) is 179 cm³/mol. The smallest absolute Gasteiger partial charge is 0.334 e. The molecule has 5 atom stereocenters. The van der Waals surface area contributed by atoms with Crippen molar-refractivity contribution in [2.24, 2.45) is 0 Å². The van der Waals surface area contributed by atoms with Gasteiger partial charge in [0, 0.05) is 5.57 Å².